The van der Waals surface area contributed by atoms with E-state index < -0.39 is 0 Å². The van der Waals surface area contributed by atoms with Crippen LogP contribution < -0.4 is 15.5 Å². The number of aromatic nitrogens is 1. The van der Waals surface area contributed by atoms with E-state index in [1.165, 1.54) is 0 Å². The fraction of sp³-hybridized carbons (Fsp3) is 0.636. The van der Waals surface area contributed by atoms with Gasteiger partial charge in [-0.2, -0.15) is 0 Å². The van der Waals surface area contributed by atoms with Crippen LogP contribution in [0.25, 0.3) is 0 Å². The van der Waals surface area contributed by atoms with E-state index in [0.29, 0.717) is 12.6 Å². The van der Waals surface area contributed by atoms with Crippen LogP contribution >= 0.6 is 11.3 Å². The van der Waals surface area contributed by atoms with Gasteiger partial charge >= 0.3 is 4.87 Å². The Morgan fingerprint density at radius 3 is 3.12 bits per heavy atom. The molecule has 2 unspecified atom stereocenters. The van der Waals surface area contributed by atoms with Crippen LogP contribution in [-0.4, -0.2) is 23.5 Å². The number of thiazole rings is 1. The van der Waals surface area contributed by atoms with Crippen molar-refractivity contribution >= 4 is 17.2 Å². The van der Waals surface area contributed by atoms with E-state index in [4.69, 9.17) is 0 Å². The number of nitrogens with one attached hydrogen (secondary N) is 3. The summed E-state index contributed by atoms with van der Waals surface area (Å²) in [6.45, 7) is 3.40. The molecular weight excluding hydrogens is 238 g/mol. The highest BCUT2D eigenvalue weighted by atomic mass is 32.1. The largest absolute Gasteiger partial charge is 0.350 e. The molecule has 0 aromatic carbocycles. The average molecular weight is 255 g/mol. The summed E-state index contributed by atoms with van der Waals surface area (Å²) in [5, 5.41) is 7.93. The van der Waals surface area contributed by atoms with Crippen LogP contribution in [0.15, 0.2) is 10.2 Å². The molecule has 1 aromatic heterocycles. The van der Waals surface area contributed by atoms with Crippen molar-refractivity contribution in [3.63, 3.8) is 0 Å². The van der Waals surface area contributed by atoms with Crippen LogP contribution in [0.5, 0.6) is 0 Å². The Morgan fingerprint density at radius 2 is 2.47 bits per heavy atom. The number of amides is 1. The molecule has 6 heteroatoms. The summed E-state index contributed by atoms with van der Waals surface area (Å²) in [6.07, 6.45) is 1.77. The van der Waals surface area contributed by atoms with E-state index in [2.05, 4.69) is 22.5 Å². The van der Waals surface area contributed by atoms with Gasteiger partial charge in [-0.3, -0.25) is 9.59 Å². The minimum Gasteiger partial charge on any atom is -0.350 e. The Hall–Kier alpha value is -1.14. The van der Waals surface area contributed by atoms with Crippen LogP contribution in [0.3, 0.4) is 0 Å². The standard InChI is InChI=1S/C11H17N3O2S/c1-7-4-8(2-3-12-7)10(15)13-5-9-6-17-11(16)14-9/h6-8,12H,2-5H2,1H3,(H,13,15)(H,14,16). The second kappa shape index (κ2) is 5.46. The topological polar surface area (TPSA) is 74.0 Å². The predicted molar refractivity (Wildman–Crippen MR) is 67.0 cm³/mol. The molecule has 2 heterocycles. The Kier molecular flexibility index (Phi) is 3.96. The van der Waals surface area contributed by atoms with Crippen LogP contribution in [0.2, 0.25) is 0 Å². The lowest BCUT2D eigenvalue weighted by Gasteiger charge is -2.26. The van der Waals surface area contributed by atoms with Gasteiger partial charge in [0.25, 0.3) is 0 Å². The highest BCUT2D eigenvalue weighted by Gasteiger charge is 2.24. The maximum atomic E-state index is 11.9. The molecular formula is C11H17N3O2S. The molecule has 1 aliphatic heterocycles. The molecule has 1 aromatic rings. The van der Waals surface area contributed by atoms with Gasteiger partial charge in [-0.25, -0.2) is 0 Å². The number of rotatable bonds is 3. The minimum atomic E-state index is -0.0789. The Labute approximate surface area is 104 Å². The molecule has 0 saturated carbocycles. The molecule has 0 aliphatic carbocycles. The van der Waals surface area contributed by atoms with E-state index in [-0.39, 0.29) is 16.7 Å². The zero-order chi connectivity index (χ0) is 12.3. The van der Waals surface area contributed by atoms with Crippen molar-refractivity contribution < 1.29 is 4.79 Å². The molecule has 2 rings (SSSR count). The van der Waals surface area contributed by atoms with Gasteiger partial charge in [0.15, 0.2) is 0 Å². The van der Waals surface area contributed by atoms with E-state index >= 15 is 0 Å². The normalized spacial score (nSPS) is 24.5. The van der Waals surface area contributed by atoms with E-state index in [9.17, 15) is 9.59 Å². The van der Waals surface area contributed by atoms with Gasteiger partial charge in [-0.05, 0) is 26.3 Å². The first-order valence-electron chi connectivity index (χ1n) is 5.83. The molecule has 0 bridgehead atoms. The van der Waals surface area contributed by atoms with Crippen LogP contribution in [0, 0.1) is 5.92 Å². The van der Waals surface area contributed by atoms with Crippen molar-refractivity contribution in [3.05, 3.63) is 20.7 Å². The van der Waals surface area contributed by atoms with Gasteiger partial charge in [0.05, 0.1) is 6.54 Å². The SMILES string of the molecule is CC1CC(C(=O)NCc2csc(=O)[nH]2)CCN1. The Morgan fingerprint density at radius 1 is 1.65 bits per heavy atom. The molecule has 0 spiro atoms. The second-order valence-electron chi connectivity index (χ2n) is 4.47. The van der Waals surface area contributed by atoms with Crippen molar-refractivity contribution in [2.24, 2.45) is 5.92 Å². The summed E-state index contributed by atoms with van der Waals surface area (Å²) >= 11 is 1.12. The molecule has 2 atom stereocenters. The van der Waals surface area contributed by atoms with Gasteiger partial charge in [0.1, 0.15) is 0 Å². The highest BCUT2D eigenvalue weighted by molar-refractivity contribution is 7.07. The number of hydrogen-bond acceptors (Lipinski definition) is 4. The molecule has 3 N–H and O–H groups in total. The Bertz CT molecular complexity index is 440. The zero-order valence-electron chi connectivity index (χ0n) is 9.79. The number of piperidine rings is 1. The lowest BCUT2D eigenvalue weighted by molar-refractivity contribution is -0.126. The van der Waals surface area contributed by atoms with Gasteiger partial charge < -0.3 is 15.6 Å². The Balaban J connectivity index is 1.82. The van der Waals surface area contributed by atoms with Crippen LogP contribution in [0.4, 0.5) is 0 Å². The van der Waals surface area contributed by atoms with Crippen molar-refractivity contribution in [2.75, 3.05) is 6.54 Å². The number of H-pyrrole nitrogens is 1. The molecule has 17 heavy (non-hydrogen) atoms. The number of carbonyl (C=O) groups is 1. The first kappa shape index (κ1) is 12.3. The van der Waals surface area contributed by atoms with Gasteiger partial charge in [-0.1, -0.05) is 11.3 Å². The second-order valence-corrected chi connectivity index (χ2v) is 5.31. The minimum absolute atomic E-state index is 0.0789. The molecule has 1 fully saturated rings. The lowest BCUT2D eigenvalue weighted by Crippen LogP contribution is -2.42. The third-order valence-electron chi connectivity index (χ3n) is 3.02. The van der Waals surface area contributed by atoms with Gasteiger partial charge in [0.2, 0.25) is 5.91 Å². The summed E-state index contributed by atoms with van der Waals surface area (Å²) < 4.78 is 0. The van der Waals surface area contributed by atoms with Crippen molar-refractivity contribution in [3.8, 4) is 0 Å². The van der Waals surface area contributed by atoms with E-state index in [0.717, 1.165) is 36.4 Å². The first-order valence-corrected chi connectivity index (χ1v) is 6.71. The maximum absolute atomic E-state index is 11.9. The third-order valence-corrected chi connectivity index (χ3v) is 3.74. The summed E-state index contributed by atoms with van der Waals surface area (Å²) in [5.74, 6) is 0.182. The number of aromatic amines is 1. The van der Waals surface area contributed by atoms with E-state index in [1.807, 2.05) is 0 Å². The predicted octanol–water partition coefficient (Wildman–Crippen LogP) is 0.441. The zero-order valence-corrected chi connectivity index (χ0v) is 10.6. The van der Waals surface area contributed by atoms with Crippen molar-refractivity contribution in [1.29, 1.82) is 0 Å². The lowest BCUT2D eigenvalue weighted by atomic mass is 9.92. The monoisotopic (exact) mass is 255 g/mol. The molecule has 5 nitrogen and oxygen atoms in total. The van der Waals surface area contributed by atoms with Gasteiger partial charge in [-0.15, -0.1) is 0 Å². The fourth-order valence-corrected chi connectivity index (χ4v) is 2.68. The van der Waals surface area contributed by atoms with Gasteiger partial charge in [0, 0.05) is 23.0 Å². The number of hydrogen-bond donors (Lipinski definition) is 3. The number of carbonyl (C=O) groups excluding carboxylic acids is 1. The summed E-state index contributed by atoms with van der Waals surface area (Å²) in [7, 11) is 0. The smallest absolute Gasteiger partial charge is 0.304 e. The average Bonchev–Trinajstić information content (AvgIpc) is 2.72. The highest BCUT2D eigenvalue weighted by Crippen LogP contribution is 2.16. The summed E-state index contributed by atoms with van der Waals surface area (Å²) in [6, 6.07) is 0.403. The third kappa shape index (κ3) is 3.41. The maximum Gasteiger partial charge on any atom is 0.304 e. The van der Waals surface area contributed by atoms with Crippen molar-refractivity contribution in [1.82, 2.24) is 15.6 Å². The van der Waals surface area contributed by atoms with E-state index in [1.54, 1.807) is 5.38 Å². The first-order chi connectivity index (χ1) is 8.15. The summed E-state index contributed by atoms with van der Waals surface area (Å²) in [5.41, 5.74) is 0.773. The van der Waals surface area contributed by atoms with Crippen molar-refractivity contribution in [2.45, 2.75) is 32.4 Å². The molecule has 1 aliphatic rings. The quantitative estimate of drug-likeness (QED) is 0.734. The molecule has 94 valence electrons. The molecule has 1 saturated heterocycles. The van der Waals surface area contributed by atoms with Crippen LogP contribution in [0.1, 0.15) is 25.5 Å². The fourth-order valence-electron chi connectivity index (χ4n) is 2.10. The molecule has 1 amide bonds. The summed E-state index contributed by atoms with van der Waals surface area (Å²) in [4.78, 5) is 25.4. The molecule has 0 radical (unpaired) electrons. The van der Waals surface area contributed by atoms with Crippen LogP contribution in [-0.2, 0) is 11.3 Å².